The summed E-state index contributed by atoms with van der Waals surface area (Å²) < 4.78 is 11.4. The van der Waals surface area contributed by atoms with Crippen molar-refractivity contribution < 1.29 is 9.47 Å². The lowest BCUT2D eigenvalue weighted by molar-refractivity contribution is 0.144. The molecular formula is C16H27N3O2. The first-order valence-electron chi connectivity index (χ1n) is 8.04. The van der Waals surface area contributed by atoms with Crippen LogP contribution in [0.15, 0.2) is 6.07 Å². The van der Waals surface area contributed by atoms with E-state index >= 15 is 0 Å². The van der Waals surface area contributed by atoms with Crippen LogP contribution in [0.2, 0.25) is 0 Å². The lowest BCUT2D eigenvalue weighted by Crippen LogP contribution is -2.31. The average molecular weight is 293 g/mol. The number of hydrogen-bond donors (Lipinski definition) is 1. The maximum absolute atomic E-state index is 5.86. The maximum Gasteiger partial charge on any atom is 0.319 e. The molecule has 1 heterocycles. The number of hydrogen-bond acceptors (Lipinski definition) is 5. The summed E-state index contributed by atoms with van der Waals surface area (Å²) in [5.74, 6) is 1.69. The Morgan fingerprint density at radius 1 is 1.19 bits per heavy atom. The SMILES string of the molecule is CCCOc1cc(C)nc(OCC2CCCCC2CN)n1. The van der Waals surface area contributed by atoms with Gasteiger partial charge in [-0.25, -0.2) is 4.98 Å². The molecule has 1 fully saturated rings. The molecule has 2 rings (SSSR count). The summed E-state index contributed by atoms with van der Waals surface area (Å²) in [7, 11) is 0. The quantitative estimate of drug-likeness (QED) is 0.837. The molecule has 5 nitrogen and oxygen atoms in total. The maximum atomic E-state index is 5.86. The first-order valence-corrected chi connectivity index (χ1v) is 8.04. The summed E-state index contributed by atoms with van der Waals surface area (Å²) in [6, 6.07) is 2.26. The minimum absolute atomic E-state index is 0.419. The van der Waals surface area contributed by atoms with E-state index in [1.165, 1.54) is 25.7 Å². The van der Waals surface area contributed by atoms with E-state index < -0.39 is 0 Å². The first kappa shape index (κ1) is 16.0. The van der Waals surface area contributed by atoms with Crippen LogP contribution in [0.4, 0.5) is 0 Å². The number of rotatable bonds is 7. The molecule has 1 saturated carbocycles. The number of ether oxygens (including phenoxy) is 2. The Labute approximate surface area is 127 Å². The van der Waals surface area contributed by atoms with Crippen LogP contribution in [0.5, 0.6) is 11.9 Å². The van der Waals surface area contributed by atoms with Crippen LogP contribution in [-0.4, -0.2) is 29.7 Å². The van der Waals surface area contributed by atoms with E-state index in [1.54, 1.807) is 0 Å². The van der Waals surface area contributed by atoms with Crippen molar-refractivity contribution in [1.82, 2.24) is 9.97 Å². The van der Waals surface area contributed by atoms with Gasteiger partial charge in [0.2, 0.25) is 5.88 Å². The Balaban J connectivity index is 1.93. The van der Waals surface area contributed by atoms with Crippen LogP contribution >= 0.6 is 0 Å². The Hall–Kier alpha value is -1.36. The molecule has 2 atom stereocenters. The molecule has 2 N–H and O–H groups in total. The molecule has 0 spiro atoms. The summed E-state index contributed by atoms with van der Waals surface area (Å²) >= 11 is 0. The van der Waals surface area contributed by atoms with Gasteiger partial charge in [-0.1, -0.05) is 19.8 Å². The topological polar surface area (TPSA) is 70.3 Å². The van der Waals surface area contributed by atoms with Crippen LogP contribution in [-0.2, 0) is 0 Å². The molecule has 0 amide bonds. The molecule has 2 unspecified atom stereocenters. The third-order valence-electron chi connectivity index (χ3n) is 4.06. The number of nitrogens with two attached hydrogens (primary N) is 1. The highest BCUT2D eigenvalue weighted by molar-refractivity contribution is 5.17. The molecular weight excluding hydrogens is 266 g/mol. The van der Waals surface area contributed by atoms with E-state index in [9.17, 15) is 0 Å². The van der Waals surface area contributed by atoms with Gasteiger partial charge in [0.25, 0.3) is 0 Å². The van der Waals surface area contributed by atoms with Crippen LogP contribution in [0.3, 0.4) is 0 Å². The average Bonchev–Trinajstić information content (AvgIpc) is 2.50. The number of aryl methyl sites for hydroxylation is 1. The lowest BCUT2D eigenvalue weighted by Gasteiger charge is -2.30. The molecule has 0 saturated heterocycles. The molecule has 0 radical (unpaired) electrons. The fourth-order valence-electron chi connectivity index (χ4n) is 2.85. The molecule has 118 valence electrons. The van der Waals surface area contributed by atoms with Gasteiger partial charge in [-0.2, -0.15) is 4.98 Å². The van der Waals surface area contributed by atoms with Crippen molar-refractivity contribution in [2.24, 2.45) is 17.6 Å². The summed E-state index contributed by atoms with van der Waals surface area (Å²) in [6.45, 7) is 6.05. The van der Waals surface area contributed by atoms with Crippen molar-refractivity contribution in [1.29, 1.82) is 0 Å². The van der Waals surface area contributed by atoms with Crippen molar-refractivity contribution in [3.63, 3.8) is 0 Å². The second-order valence-corrected chi connectivity index (χ2v) is 5.83. The molecule has 0 aromatic carbocycles. The summed E-state index contributed by atoms with van der Waals surface area (Å²) in [5, 5.41) is 0. The zero-order valence-electron chi connectivity index (χ0n) is 13.2. The van der Waals surface area contributed by atoms with Crippen LogP contribution < -0.4 is 15.2 Å². The predicted octanol–water partition coefficient (Wildman–Crippen LogP) is 2.72. The number of nitrogens with zero attached hydrogens (tertiary/aromatic N) is 2. The summed E-state index contributed by atoms with van der Waals surface area (Å²) in [4.78, 5) is 8.65. The largest absolute Gasteiger partial charge is 0.478 e. The molecule has 21 heavy (non-hydrogen) atoms. The second kappa shape index (κ2) is 8.17. The van der Waals surface area contributed by atoms with Gasteiger partial charge in [-0.05, 0) is 44.6 Å². The van der Waals surface area contributed by atoms with E-state index in [1.807, 2.05) is 13.0 Å². The van der Waals surface area contributed by atoms with Crippen molar-refractivity contribution >= 4 is 0 Å². The molecule has 1 aromatic rings. The van der Waals surface area contributed by atoms with E-state index in [0.717, 1.165) is 18.7 Å². The monoisotopic (exact) mass is 293 g/mol. The molecule has 1 aliphatic carbocycles. The van der Waals surface area contributed by atoms with Gasteiger partial charge in [0.15, 0.2) is 0 Å². The highest BCUT2D eigenvalue weighted by Gasteiger charge is 2.24. The Morgan fingerprint density at radius 3 is 2.67 bits per heavy atom. The molecule has 0 bridgehead atoms. The normalized spacial score (nSPS) is 22.0. The van der Waals surface area contributed by atoms with Gasteiger partial charge in [0.05, 0.1) is 13.2 Å². The van der Waals surface area contributed by atoms with Crippen LogP contribution in [0.1, 0.15) is 44.7 Å². The zero-order valence-corrected chi connectivity index (χ0v) is 13.2. The zero-order chi connectivity index (χ0) is 15.1. The van der Waals surface area contributed by atoms with E-state index in [4.69, 9.17) is 15.2 Å². The summed E-state index contributed by atoms with van der Waals surface area (Å²) in [6.07, 6.45) is 5.91. The van der Waals surface area contributed by atoms with Gasteiger partial charge < -0.3 is 15.2 Å². The standard InChI is InChI=1S/C16H27N3O2/c1-3-8-20-15-9-12(2)18-16(19-15)21-11-14-7-5-4-6-13(14)10-17/h9,13-14H,3-8,10-11,17H2,1-2H3. The molecule has 1 aliphatic rings. The molecule has 1 aromatic heterocycles. The Morgan fingerprint density at radius 2 is 1.95 bits per heavy atom. The fraction of sp³-hybridized carbons (Fsp3) is 0.750. The van der Waals surface area contributed by atoms with Crippen molar-refractivity contribution in [3.05, 3.63) is 11.8 Å². The minimum atomic E-state index is 0.419. The highest BCUT2D eigenvalue weighted by atomic mass is 16.5. The third kappa shape index (κ3) is 4.84. The van der Waals surface area contributed by atoms with Crippen molar-refractivity contribution in [3.8, 4) is 11.9 Å². The number of aromatic nitrogens is 2. The van der Waals surface area contributed by atoms with E-state index in [0.29, 0.717) is 36.9 Å². The minimum Gasteiger partial charge on any atom is -0.478 e. The second-order valence-electron chi connectivity index (χ2n) is 5.83. The molecule has 5 heteroatoms. The Bertz CT molecular complexity index is 440. The van der Waals surface area contributed by atoms with E-state index in [2.05, 4.69) is 16.9 Å². The summed E-state index contributed by atoms with van der Waals surface area (Å²) in [5.41, 5.74) is 6.72. The van der Waals surface area contributed by atoms with Crippen LogP contribution in [0.25, 0.3) is 0 Å². The van der Waals surface area contributed by atoms with Gasteiger partial charge in [0.1, 0.15) is 0 Å². The fourth-order valence-corrected chi connectivity index (χ4v) is 2.85. The van der Waals surface area contributed by atoms with Crippen LogP contribution in [0, 0.1) is 18.8 Å². The van der Waals surface area contributed by atoms with Crippen molar-refractivity contribution in [2.75, 3.05) is 19.8 Å². The van der Waals surface area contributed by atoms with E-state index in [-0.39, 0.29) is 0 Å². The predicted molar refractivity (Wildman–Crippen MR) is 82.6 cm³/mol. The first-order chi connectivity index (χ1) is 10.2. The van der Waals surface area contributed by atoms with Crippen molar-refractivity contribution in [2.45, 2.75) is 46.0 Å². The van der Waals surface area contributed by atoms with Gasteiger partial charge >= 0.3 is 6.01 Å². The lowest BCUT2D eigenvalue weighted by atomic mass is 9.80. The van der Waals surface area contributed by atoms with Gasteiger partial charge in [-0.15, -0.1) is 0 Å². The van der Waals surface area contributed by atoms with Gasteiger partial charge in [-0.3, -0.25) is 0 Å². The highest BCUT2D eigenvalue weighted by Crippen LogP contribution is 2.29. The smallest absolute Gasteiger partial charge is 0.319 e. The van der Waals surface area contributed by atoms with Gasteiger partial charge in [0, 0.05) is 11.8 Å². The third-order valence-corrected chi connectivity index (χ3v) is 4.06. The Kier molecular flexibility index (Phi) is 6.23. The molecule has 0 aliphatic heterocycles.